The van der Waals surface area contributed by atoms with Gasteiger partial charge >= 0.3 is 0 Å². The van der Waals surface area contributed by atoms with Crippen molar-refractivity contribution in [2.45, 2.75) is 45.3 Å². The van der Waals surface area contributed by atoms with Gasteiger partial charge in [0.2, 0.25) is 5.91 Å². The molecule has 0 aromatic rings. The fourth-order valence-corrected chi connectivity index (χ4v) is 4.57. The van der Waals surface area contributed by atoms with Crippen LogP contribution in [0.1, 0.15) is 33.1 Å². The fraction of sp³-hybridized carbons (Fsp3) is 0.917. The fourth-order valence-electron chi connectivity index (χ4n) is 2.89. The van der Waals surface area contributed by atoms with E-state index in [1.165, 1.54) is 0 Å². The molecule has 18 heavy (non-hydrogen) atoms. The molecule has 2 atom stereocenters. The van der Waals surface area contributed by atoms with Gasteiger partial charge in [-0.25, -0.2) is 8.42 Å². The predicted octanol–water partition coefficient (Wildman–Crippen LogP) is 0.368. The number of nitrogens with zero attached hydrogens (tertiary/aromatic N) is 1. The molecular weight excluding hydrogens is 252 g/mol. The Labute approximate surface area is 109 Å². The summed E-state index contributed by atoms with van der Waals surface area (Å²) in [5.41, 5.74) is 0. The number of sulfone groups is 1. The van der Waals surface area contributed by atoms with E-state index in [1.54, 1.807) is 4.90 Å². The van der Waals surface area contributed by atoms with Crippen LogP contribution < -0.4 is 5.32 Å². The Morgan fingerprint density at radius 2 is 2.17 bits per heavy atom. The molecule has 6 heteroatoms. The molecule has 104 valence electrons. The minimum atomic E-state index is -2.97. The second-order valence-corrected chi connectivity index (χ2v) is 7.97. The second kappa shape index (κ2) is 5.17. The zero-order valence-electron chi connectivity index (χ0n) is 11.1. The average molecular weight is 274 g/mol. The van der Waals surface area contributed by atoms with E-state index in [2.05, 4.69) is 19.2 Å². The molecule has 2 aliphatic heterocycles. The summed E-state index contributed by atoms with van der Waals surface area (Å²) in [6.45, 7) is 4.56. The third kappa shape index (κ3) is 3.03. The molecule has 5 nitrogen and oxygen atoms in total. The van der Waals surface area contributed by atoms with Gasteiger partial charge < -0.3 is 4.90 Å². The topological polar surface area (TPSA) is 66.5 Å². The standard InChI is InChI=1S/C12H22N2O3S/c1-9(2)6-11-13-7-12(15)14(11)10-4-3-5-18(16,17)8-10/h9-11,13H,3-8H2,1-2H3. The number of amides is 1. The van der Waals surface area contributed by atoms with Crippen molar-refractivity contribution in [3.63, 3.8) is 0 Å². The van der Waals surface area contributed by atoms with Crippen molar-refractivity contribution < 1.29 is 13.2 Å². The van der Waals surface area contributed by atoms with Crippen LogP contribution >= 0.6 is 0 Å². The maximum absolute atomic E-state index is 11.9. The highest BCUT2D eigenvalue weighted by Gasteiger charge is 2.39. The summed E-state index contributed by atoms with van der Waals surface area (Å²) >= 11 is 0. The molecule has 2 fully saturated rings. The first-order valence-corrected chi connectivity index (χ1v) is 8.46. The van der Waals surface area contributed by atoms with Crippen LogP contribution in [0.4, 0.5) is 0 Å². The van der Waals surface area contributed by atoms with E-state index in [0.717, 1.165) is 12.8 Å². The summed E-state index contributed by atoms with van der Waals surface area (Å²) in [6.07, 6.45) is 2.37. The van der Waals surface area contributed by atoms with Crippen molar-refractivity contribution in [3.8, 4) is 0 Å². The molecule has 1 amide bonds. The Hall–Kier alpha value is -0.620. The smallest absolute Gasteiger partial charge is 0.238 e. The van der Waals surface area contributed by atoms with Crippen LogP contribution in [0.2, 0.25) is 0 Å². The van der Waals surface area contributed by atoms with Crippen molar-refractivity contribution in [1.29, 1.82) is 0 Å². The summed E-state index contributed by atoms with van der Waals surface area (Å²) in [4.78, 5) is 13.7. The van der Waals surface area contributed by atoms with Gasteiger partial charge in [-0.2, -0.15) is 0 Å². The summed E-state index contributed by atoms with van der Waals surface area (Å²) in [5.74, 6) is 0.932. The van der Waals surface area contributed by atoms with Gasteiger partial charge in [0.05, 0.1) is 24.2 Å². The highest BCUT2D eigenvalue weighted by molar-refractivity contribution is 7.91. The molecule has 2 unspecified atom stereocenters. The van der Waals surface area contributed by atoms with E-state index in [4.69, 9.17) is 0 Å². The molecular formula is C12H22N2O3S. The number of hydrogen-bond acceptors (Lipinski definition) is 4. The highest BCUT2D eigenvalue weighted by atomic mass is 32.2. The maximum Gasteiger partial charge on any atom is 0.238 e. The van der Waals surface area contributed by atoms with Crippen LogP contribution in [0.5, 0.6) is 0 Å². The quantitative estimate of drug-likeness (QED) is 0.807. The zero-order chi connectivity index (χ0) is 13.3. The van der Waals surface area contributed by atoms with Crippen molar-refractivity contribution >= 4 is 15.7 Å². The van der Waals surface area contributed by atoms with E-state index in [0.29, 0.717) is 18.9 Å². The first-order valence-electron chi connectivity index (χ1n) is 6.64. The molecule has 0 radical (unpaired) electrons. The molecule has 0 spiro atoms. The van der Waals surface area contributed by atoms with Crippen molar-refractivity contribution in [3.05, 3.63) is 0 Å². The van der Waals surface area contributed by atoms with Crippen LogP contribution in [0.25, 0.3) is 0 Å². The number of rotatable bonds is 3. The molecule has 1 N–H and O–H groups in total. The Balaban J connectivity index is 2.11. The molecule has 2 rings (SSSR count). The predicted molar refractivity (Wildman–Crippen MR) is 69.8 cm³/mol. The van der Waals surface area contributed by atoms with Gasteiger partial charge in [0.15, 0.2) is 9.84 Å². The lowest BCUT2D eigenvalue weighted by atomic mass is 10.1. The van der Waals surface area contributed by atoms with E-state index >= 15 is 0 Å². The van der Waals surface area contributed by atoms with Crippen molar-refractivity contribution in [2.24, 2.45) is 5.92 Å². The first-order chi connectivity index (χ1) is 8.39. The molecule has 0 aromatic heterocycles. The third-order valence-corrected chi connectivity index (χ3v) is 5.44. The van der Waals surface area contributed by atoms with E-state index < -0.39 is 9.84 Å². The summed E-state index contributed by atoms with van der Waals surface area (Å²) in [6, 6.07) is -0.130. The molecule has 2 aliphatic rings. The Bertz CT molecular complexity index is 419. The van der Waals surface area contributed by atoms with Crippen LogP contribution in [-0.4, -0.2) is 49.5 Å². The minimum Gasteiger partial charge on any atom is -0.322 e. The lowest BCUT2D eigenvalue weighted by Crippen LogP contribution is -2.50. The van der Waals surface area contributed by atoms with Gasteiger partial charge in [-0.05, 0) is 25.2 Å². The normalized spacial score (nSPS) is 32.2. The molecule has 0 saturated carbocycles. The van der Waals surface area contributed by atoms with E-state index in [-0.39, 0.29) is 29.6 Å². The minimum absolute atomic E-state index is 0.01000. The lowest BCUT2D eigenvalue weighted by Gasteiger charge is -2.35. The van der Waals surface area contributed by atoms with Crippen LogP contribution in [0.3, 0.4) is 0 Å². The van der Waals surface area contributed by atoms with Crippen LogP contribution in [0.15, 0.2) is 0 Å². The molecule has 2 heterocycles. The second-order valence-electron chi connectivity index (χ2n) is 5.74. The molecule has 0 aromatic carbocycles. The Kier molecular flexibility index (Phi) is 3.96. The van der Waals surface area contributed by atoms with Gasteiger partial charge in [-0.1, -0.05) is 13.8 Å². The Morgan fingerprint density at radius 3 is 2.78 bits per heavy atom. The summed E-state index contributed by atoms with van der Waals surface area (Å²) < 4.78 is 23.4. The van der Waals surface area contributed by atoms with Crippen LogP contribution in [0, 0.1) is 5.92 Å². The zero-order valence-corrected chi connectivity index (χ0v) is 11.9. The summed E-state index contributed by atoms with van der Waals surface area (Å²) in [7, 11) is -2.97. The largest absolute Gasteiger partial charge is 0.322 e. The third-order valence-electron chi connectivity index (χ3n) is 3.64. The van der Waals surface area contributed by atoms with Gasteiger partial charge in [-0.15, -0.1) is 0 Å². The summed E-state index contributed by atoms with van der Waals surface area (Å²) in [5, 5.41) is 3.19. The van der Waals surface area contributed by atoms with Gasteiger partial charge in [0, 0.05) is 6.04 Å². The number of nitrogens with one attached hydrogen (secondary N) is 1. The Morgan fingerprint density at radius 1 is 1.44 bits per heavy atom. The van der Waals surface area contributed by atoms with Crippen LogP contribution in [-0.2, 0) is 14.6 Å². The molecule has 0 bridgehead atoms. The molecule has 0 aliphatic carbocycles. The van der Waals surface area contributed by atoms with Gasteiger partial charge in [0.25, 0.3) is 0 Å². The van der Waals surface area contributed by atoms with Gasteiger partial charge in [-0.3, -0.25) is 10.1 Å². The van der Waals surface area contributed by atoms with E-state index in [1.807, 2.05) is 0 Å². The highest BCUT2D eigenvalue weighted by Crippen LogP contribution is 2.24. The van der Waals surface area contributed by atoms with E-state index in [9.17, 15) is 13.2 Å². The monoisotopic (exact) mass is 274 g/mol. The number of hydrogen-bond donors (Lipinski definition) is 1. The van der Waals surface area contributed by atoms with Crippen molar-refractivity contribution in [2.75, 3.05) is 18.1 Å². The average Bonchev–Trinajstić information content (AvgIpc) is 2.57. The number of carbonyl (C=O) groups excluding carboxylic acids is 1. The maximum atomic E-state index is 11.9. The lowest BCUT2D eigenvalue weighted by molar-refractivity contribution is -0.130. The molecule has 2 saturated heterocycles. The first kappa shape index (κ1) is 13.8. The van der Waals surface area contributed by atoms with Crippen molar-refractivity contribution in [1.82, 2.24) is 10.2 Å². The SMILES string of the molecule is CC(C)CC1NCC(=O)N1C1CCCS(=O)(=O)C1. The van der Waals surface area contributed by atoms with Gasteiger partial charge in [0.1, 0.15) is 0 Å². The number of carbonyl (C=O) groups is 1.